The molecule has 2 aliphatic rings. The minimum absolute atomic E-state index is 0.0630. The van der Waals surface area contributed by atoms with Gasteiger partial charge in [-0.05, 0) is 12.5 Å². The lowest BCUT2D eigenvalue weighted by Crippen LogP contribution is -2.39. The number of nitrogens with zero attached hydrogens (tertiary/aromatic N) is 3. The first-order chi connectivity index (χ1) is 13.8. The first kappa shape index (κ1) is 19.7. The quantitative estimate of drug-likeness (QED) is 0.698. The van der Waals surface area contributed by atoms with Crippen molar-refractivity contribution >= 4 is 26.6 Å². The number of hydrogen-bond donors (Lipinski definition) is 0. The highest BCUT2D eigenvalue weighted by molar-refractivity contribution is 7.91. The molecule has 1 aromatic heterocycles. The molecule has 10 heteroatoms. The van der Waals surface area contributed by atoms with Crippen LogP contribution in [0.15, 0.2) is 16.9 Å². The van der Waals surface area contributed by atoms with Crippen LogP contribution in [-0.4, -0.2) is 67.6 Å². The Morgan fingerprint density at radius 1 is 1.14 bits per heavy atom. The van der Waals surface area contributed by atoms with Crippen LogP contribution in [0, 0.1) is 5.92 Å². The van der Waals surface area contributed by atoms with Crippen molar-refractivity contribution in [3.63, 3.8) is 0 Å². The van der Waals surface area contributed by atoms with Crippen LogP contribution in [0.5, 0.6) is 11.5 Å². The number of hydrogen-bond acceptors (Lipinski definition) is 7. The Kier molecular flexibility index (Phi) is 4.97. The predicted octanol–water partition coefficient (Wildman–Crippen LogP) is 0.233. The lowest BCUT2D eigenvalue weighted by Gasteiger charge is -2.22. The van der Waals surface area contributed by atoms with Crippen LogP contribution in [0.2, 0.25) is 0 Å². The molecule has 4 rings (SSSR count). The summed E-state index contributed by atoms with van der Waals surface area (Å²) >= 11 is 0. The fraction of sp³-hybridized carbons (Fsp3) is 0.526. The number of sulfone groups is 1. The second kappa shape index (κ2) is 7.33. The molecule has 1 atom stereocenters. The predicted molar refractivity (Wildman–Crippen MR) is 106 cm³/mol. The van der Waals surface area contributed by atoms with Crippen molar-refractivity contribution in [2.45, 2.75) is 19.4 Å². The highest BCUT2D eigenvalue weighted by Crippen LogP contribution is 2.30. The van der Waals surface area contributed by atoms with Gasteiger partial charge in [-0.1, -0.05) is 0 Å². The number of benzene rings is 1. The summed E-state index contributed by atoms with van der Waals surface area (Å²) in [6.07, 6.45) is 0.789. The van der Waals surface area contributed by atoms with E-state index >= 15 is 0 Å². The number of fused-ring (bicyclic) bond motifs is 2. The molecule has 1 aromatic carbocycles. The molecule has 1 amide bonds. The molecule has 0 unspecified atom stereocenters. The first-order valence-electron chi connectivity index (χ1n) is 9.47. The van der Waals surface area contributed by atoms with Gasteiger partial charge in [-0.25, -0.2) is 13.4 Å². The van der Waals surface area contributed by atoms with Crippen LogP contribution in [0.25, 0.3) is 10.9 Å². The molecular weight excluding hydrogens is 398 g/mol. The van der Waals surface area contributed by atoms with Gasteiger partial charge in [0.25, 0.3) is 5.56 Å². The number of carbonyl (C=O) groups excluding carboxylic acids is 1. The van der Waals surface area contributed by atoms with E-state index in [-0.39, 0.29) is 23.0 Å². The molecule has 0 saturated carbocycles. The van der Waals surface area contributed by atoms with Crippen molar-refractivity contribution in [2.75, 3.05) is 38.8 Å². The lowest BCUT2D eigenvalue weighted by atomic mass is 10.1. The monoisotopic (exact) mass is 421 g/mol. The van der Waals surface area contributed by atoms with Gasteiger partial charge in [-0.3, -0.25) is 14.2 Å². The van der Waals surface area contributed by atoms with Crippen molar-refractivity contribution in [3.05, 3.63) is 28.3 Å². The lowest BCUT2D eigenvalue weighted by molar-refractivity contribution is -0.134. The van der Waals surface area contributed by atoms with Crippen LogP contribution < -0.4 is 15.0 Å². The molecule has 1 saturated heterocycles. The maximum Gasteiger partial charge on any atom is 0.261 e. The summed E-state index contributed by atoms with van der Waals surface area (Å²) < 4.78 is 35.6. The zero-order chi connectivity index (χ0) is 20.8. The smallest absolute Gasteiger partial charge is 0.261 e. The molecule has 0 spiro atoms. The molecular formula is C19H23N3O6S. The van der Waals surface area contributed by atoms with Crippen molar-refractivity contribution in [1.82, 2.24) is 14.5 Å². The fourth-order valence-corrected chi connectivity index (χ4v) is 5.78. The highest BCUT2D eigenvalue weighted by Gasteiger charge is 2.36. The van der Waals surface area contributed by atoms with E-state index in [0.717, 1.165) is 0 Å². The van der Waals surface area contributed by atoms with E-state index in [0.29, 0.717) is 60.7 Å². The average Bonchev–Trinajstić information content (AvgIpc) is 2.94. The second-order valence-electron chi connectivity index (χ2n) is 7.38. The molecule has 0 aliphatic carbocycles. The minimum Gasteiger partial charge on any atom is -0.493 e. The second-order valence-corrected chi connectivity index (χ2v) is 9.61. The standard InChI is InChI=1S/C19H23N3O6S/c1-27-15-9-13-14(10-16(15)28-2)20-17-3-5-21(6-7-22(17)19(13)24)18(23)12-4-8-29(25,26)11-12/h9-10,12H,3-8,11H2,1-2H3/t12-/m1/s1. The summed E-state index contributed by atoms with van der Waals surface area (Å²) in [6, 6.07) is 3.29. The molecule has 29 heavy (non-hydrogen) atoms. The average molecular weight is 421 g/mol. The van der Waals surface area contributed by atoms with Gasteiger partial charge in [0.05, 0.1) is 42.5 Å². The van der Waals surface area contributed by atoms with Gasteiger partial charge in [-0.15, -0.1) is 0 Å². The number of rotatable bonds is 3. The largest absolute Gasteiger partial charge is 0.493 e. The van der Waals surface area contributed by atoms with E-state index in [1.165, 1.54) is 14.2 Å². The molecule has 0 N–H and O–H groups in total. The number of methoxy groups -OCH3 is 2. The van der Waals surface area contributed by atoms with Crippen LogP contribution >= 0.6 is 0 Å². The van der Waals surface area contributed by atoms with Crippen molar-refractivity contribution in [2.24, 2.45) is 5.92 Å². The van der Waals surface area contributed by atoms with Gasteiger partial charge in [0, 0.05) is 32.1 Å². The number of ether oxygens (including phenoxy) is 2. The summed E-state index contributed by atoms with van der Waals surface area (Å²) in [5.41, 5.74) is 0.323. The van der Waals surface area contributed by atoms with Crippen molar-refractivity contribution in [3.8, 4) is 11.5 Å². The van der Waals surface area contributed by atoms with Gasteiger partial charge in [0.2, 0.25) is 5.91 Å². The Balaban J connectivity index is 1.64. The Morgan fingerprint density at radius 3 is 2.52 bits per heavy atom. The van der Waals surface area contributed by atoms with Crippen molar-refractivity contribution < 1.29 is 22.7 Å². The Morgan fingerprint density at radius 2 is 1.86 bits per heavy atom. The van der Waals surface area contributed by atoms with E-state index in [1.807, 2.05) is 0 Å². The summed E-state index contributed by atoms with van der Waals surface area (Å²) in [5.74, 6) is 0.879. The Bertz CT molecular complexity index is 1140. The topological polar surface area (TPSA) is 108 Å². The SMILES string of the molecule is COc1cc2nc3n(c(=O)c2cc1OC)CCN(C(=O)[C@@H]1CCS(=O)(=O)C1)CC3. The molecule has 3 heterocycles. The van der Waals surface area contributed by atoms with Gasteiger partial charge in [-0.2, -0.15) is 0 Å². The van der Waals surface area contributed by atoms with Gasteiger partial charge in [0.15, 0.2) is 21.3 Å². The molecule has 2 aliphatic heterocycles. The maximum absolute atomic E-state index is 13.1. The summed E-state index contributed by atoms with van der Waals surface area (Å²) in [4.78, 5) is 32.1. The molecule has 0 bridgehead atoms. The highest BCUT2D eigenvalue weighted by atomic mass is 32.2. The zero-order valence-corrected chi connectivity index (χ0v) is 17.2. The Labute approximate surface area is 168 Å². The third-order valence-electron chi connectivity index (χ3n) is 5.63. The minimum atomic E-state index is -3.13. The van der Waals surface area contributed by atoms with Gasteiger partial charge < -0.3 is 14.4 Å². The van der Waals surface area contributed by atoms with Crippen LogP contribution in [-0.2, 0) is 27.6 Å². The number of carbonyl (C=O) groups is 1. The fourth-order valence-electron chi connectivity index (χ4n) is 4.05. The van der Waals surface area contributed by atoms with E-state index in [9.17, 15) is 18.0 Å². The summed E-state index contributed by atoms with van der Waals surface area (Å²) in [7, 11) is -0.102. The molecule has 156 valence electrons. The van der Waals surface area contributed by atoms with Crippen molar-refractivity contribution in [1.29, 1.82) is 0 Å². The van der Waals surface area contributed by atoms with Crippen LogP contribution in [0.4, 0.5) is 0 Å². The summed E-state index contributed by atoms with van der Waals surface area (Å²) in [5, 5.41) is 0.424. The number of amides is 1. The van der Waals surface area contributed by atoms with E-state index < -0.39 is 15.8 Å². The van der Waals surface area contributed by atoms with Gasteiger partial charge >= 0.3 is 0 Å². The molecule has 1 fully saturated rings. The van der Waals surface area contributed by atoms with E-state index in [2.05, 4.69) is 4.98 Å². The van der Waals surface area contributed by atoms with E-state index in [4.69, 9.17) is 9.47 Å². The molecule has 2 aromatic rings. The molecule has 0 radical (unpaired) electrons. The zero-order valence-electron chi connectivity index (χ0n) is 16.4. The maximum atomic E-state index is 13.1. The van der Waals surface area contributed by atoms with Crippen LogP contribution in [0.1, 0.15) is 12.2 Å². The third-order valence-corrected chi connectivity index (χ3v) is 7.40. The number of aromatic nitrogens is 2. The molecule has 9 nitrogen and oxygen atoms in total. The van der Waals surface area contributed by atoms with E-state index in [1.54, 1.807) is 21.6 Å². The summed E-state index contributed by atoms with van der Waals surface area (Å²) in [6.45, 7) is 1.07. The normalized spacial score (nSPS) is 20.9. The Hall–Kier alpha value is -2.62. The van der Waals surface area contributed by atoms with Gasteiger partial charge in [0.1, 0.15) is 5.82 Å². The third kappa shape index (κ3) is 3.57. The van der Waals surface area contributed by atoms with Crippen LogP contribution in [0.3, 0.4) is 0 Å². The first-order valence-corrected chi connectivity index (χ1v) is 11.3.